The highest BCUT2D eigenvalue weighted by Gasteiger charge is 2.25. The van der Waals surface area contributed by atoms with E-state index in [9.17, 15) is 10.1 Å². The summed E-state index contributed by atoms with van der Waals surface area (Å²) in [5.41, 5.74) is 4.62. The van der Waals surface area contributed by atoms with E-state index in [0.717, 1.165) is 40.6 Å². The molecular formula is C20H15Cl2N3O. The Morgan fingerprint density at radius 1 is 1.19 bits per heavy atom. The van der Waals surface area contributed by atoms with Crippen LogP contribution in [0, 0.1) is 18.3 Å². The van der Waals surface area contributed by atoms with E-state index in [1.165, 1.54) is 0 Å². The molecule has 4 nitrogen and oxygen atoms in total. The third kappa shape index (κ3) is 2.56. The van der Waals surface area contributed by atoms with Crippen molar-refractivity contribution in [3.63, 3.8) is 0 Å². The van der Waals surface area contributed by atoms with E-state index in [-0.39, 0.29) is 5.91 Å². The molecule has 1 aromatic heterocycles. The van der Waals surface area contributed by atoms with Crippen LogP contribution in [0.2, 0.25) is 10.0 Å². The smallest absolute Gasteiger partial charge is 0.268 e. The number of amides is 1. The Balaban J connectivity index is 2.14. The second kappa shape index (κ2) is 6.35. The van der Waals surface area contributed by atoms with Gasteiger partial charge in [-0.15, -0.1) is 0 Å². The minimum Gasteiger partial charge on any atom is -0.351 e. The Hall–Kier alpha value is -2.48. The van der Waals surface area contributed by atoms with Gasteiger partial charge in [0, 0.05) is 39.6 Å². The molecule has 6 heteroatoms. The quantitative estimate of drug-likeness (QED) is 0.647. The Labute approximate surface area is 160 Å². The van der Waals surface area contributed by atoms with Crippen molar-refractivity contribution in [2.24, 2.45) is 0 Å². The van der Waals surface area contributed by atoms with Crippen molar-refractivity contribution >= 4 is 40.0 Å². The van der Waals surface area contributed by atoms with Crippen LogP contribution in [-0.4, -0.2) is 17.0 Å². The van der Waals surface area contributed by atoms with Crippen molar-refractivity contribution in [3.8, 4) is 17.2 Å². The first-order chi connectivity index (χ1) is 12.5. The topological polar surface area (TPSA) is 57.8 Å². The molecule has 2 heterocycles. The molecule has 1 aliphatic rings. The Morgan fingerprint density at radius 3 is 2.73 bits per heavy atom. The standard InChI is InChI=1S/C20H15Cl2N3O/c1-11-15-7-12(10-23)8-16(14-4-3-13(21)9-17(14)22)19(15)25-6-2-5-24-20(26)18(11)25/h3-4,7-9H,2,5-6H2,1H3,(H,24,26). The van der Waals surface area contributed by atoms with E-state index in [2.05, 4.69) is 16.0 Å². The fourth-order valence-electron chi connectivity index (χ4n) is 3.67. The number of nitrogens with one attached hydrogen (secondary N) is 1. The van der Waals surface area contributed by atoms with Gasteiger partial charge in [0.2, 0.25) is 0 Å². The molecule has 2 aromatic carbocycles. The molecule has 0 unspecified atom stereocenters. The molecule has 0 aliphatic carbocycles. The number of aryl methyl sites for hydroxylation is 2. The third-order valence-corrected chi connectivity index (χ3v) is 5.37. The first-order valence-electron chi connectivity index (χ1n) is 8.32. The average Bonchev–Trinajstić information content (AvgIpc) is 2.76. The van der Waals surface area contributed by atoms with Gasteiger partial charge in [-0.3, -0.25) is 4.79 Å². The summed E-state index contributed by atoms with van der Waals surface area (Å²) in [5.74, 6) is -0.0807. The van der Waals surface area contributed by atoms with E-state index >= 15 is 0 Å². The van der Waals surface area contributed by atoms with E-state index in [1.807, 2.05) is 25.1 Å². The molecule has 0 bridgehead atoms. The third-order valence-electron chi connectivity index (χ3n) is 4.82. The van der Waals surface area contributed by atoms with Gasteiger partial charge in [-0.05, 0) is 43.2 Å². The van der Waals surface area contributed by atoms with Crippen molar-refractivity contribution in [3.05, 3.63) is 57.2 Å². The molecular weight excluding hydrogens is 369 g/mol. The zero-order chi connectivity index (χ0) is 18.4. The van der Waals surface area contributed by atoms with Crippen molar-refractivity contribution in [1.82, 2.24) is 9.88 Å². The van der Waals surface area contributed by atoms with Crippen LogP contribution in [0.15, 0.2) is 30.3 Å². The second-order valence-electron chi connectivity index (χ2n) is 6.39. The molecule has 3 aromatic rings. The number of carbonyl (C=O) groups is 1. The van der Waals surface area contributed by atoms with Gasteiger partial charge in [0.1, 0.15) is 5.69 Å². The van der Waals surface area contributed by atoms with Crippen molar-refractivity contribution < 1.29 is 4.79 Å². The van der Waals surface area contributed by atoms with E-state index in [4.69, 9.17) is 23.2 Å². The maximum atomic E-state index is 12.6. The SMILES string of the molecule is Cc1c2n(c3c(-c4ccc(Cl)cc4Cl)cc(C#N)cc13)CCCNC2=O. The lowest BCUT2D eigenvalue weighted by atomic mass is 9.98. The number of fused-ring (bicyclic) bond motifs is 3. The van der Waals surface area contributed by atoms with Gasteiger partial charge in [-0.25, -0.2) is 0 Å². The van der Waals surface area contributed by atoms with Crippen LogP contribution in [-0.2, 0) is 6.54 Å². The van der Waals surface area contributed by atoms with E-state index < -0.39 is 0 Å². The lowest BCUT2D eigenvalue weighted by molar-refractivity contribution is 0.0951. The molecule has 0 fully saturated rings. The molecule has 4 rings (SSSR count). The number of hydrogen-bond acceptors (Lipinski definition) is 2. The van der Waals surface area contributed by atoms with Gasteiger partial charge in [-0.2, -0.15) is 5.26 Å². The molecule has 26 heavy (non-hydrogen) atoms. The number of benzene rings is 2. The molecule has 0 saturated heterocycles. The first kappa shape index (κ1) is 17.0. The van der Waals surface area contributed by atoms with Crippen molar-refractivity contribution in [2.45, 2.75) is 19.9 Å². The largest absolute Gasteiger partial charge is 0.351 e. The van der Waals surface area contributed by atoms with Crippen molar-refractivity contribution in [2.75, 3.05) is 6.54 Å². The Kier molecular flexibility index (Phi) is 4.14. The summed E-state index contributed by atoms with van der Waals surface area (Å²) in [6.07, 6.45) is 0.843. The zero-order valence-corrected chi connectivity index (χ0v) is 15.6. The molecule has 0 spiro atoms. The number of rotatable bonds is 1. The summed E-state index contributed by atoms with van der Waals surface area (Å²) in [5, 5.41) is 14.4. The van der Waals surface area contributed by atoms with Crippen LogP contribution >= 0.6 is 23.2 Å². The number of aromatic nitrogens is 1. The molecule has 0 atom stereocenters. The van der Waals surface area contributed by atoms with Gasteiger partial charge >= 0.3 is 0 Å². The highest BCUT2D eigenvalue weighted by Crippen LogP contribution is 2.39. The summed E-state index contributed by atoms with van der Waals surface area (Å²) in [4.78, 5) is 12.6. The van der Waals surface area contributed by atoms with Crippen molar-refractivity contribution in [1.29, 1.82) is 5.26 Å². The monoisotopic (exact) mass is 383 g/mol. The average molecular weight is 384 g/mol. The molecule has 1 amide bonds. The van der Waals surface area contributed by atoms with Crippen LogP contribution in [0.1, 0.15) is 28.0 Å². The predicted octanol–water partition coefficient (Wildman–Crippen LogP) is 4.93. The molecule has 1 aliphatic heterocycles. The molecule has 1 N–H and O–H groups in total. The molecule has 0 radical (unpaired) electrons. The highest BCUT2D eigenvalue weighted by molar-refractivity contribution is 6.36. The number of nitriles is 1. The number of hydrogen-bond donors (Lipinski definition) is 1. The lowest BCUT2D eigenvalue weighted by Gasteiger charge is -2.12. The Bertz CT molecular complexity index is 1110. The van der Waals surface area contributed by atoms with Gasteiger partial charge in [0.25, 0.3) is 5.91 Å². The van der Waals surface area contributed by atoms with Gasteiger partial charge < -0.3 is 9.88 Å². The van der Waals surface area contributed by atoms with Crippen LogP contribution in [0.4, 0.5) is 0 Å². The fourth-order valence-corrected chi connectivity index (χ4v) is 4.18. The summed E-state index contributed by atoms with van der Waals surface area (Å²) in [7, 11) is 0. The second-order valence-corrected chi connectivity index (χ2v) is 7.23. The van der Waals surface area contributed by atoms with Crippen LogP contribution in [0.25, 0.3) is 22.0 Å². The van der Waals surface area contributed by atoms with Gasteiger partial charge in [0.05, 0.1) is 17.1 Å². The Morgan fingerprint density at radius 2 is 2.00 bits per heavy atom. The fraction of sp³-hybridized carbons (Fsp3) is 0.200. The summed E-state index contributed by atoms with van der Waals surface area (Å²) >= 11 is 12.5. The zero-order valence-electron chi connectivity index (χ0n) is 14.1. The lowest BCUT2D eigenvalue weighted by Crippen LogP contribution is -2.23. The summed E-state index contributed by atoms with van der Waals surface area (Å²) < 4.78 is 2.05. The minimum absolute atomic E-state index is 0.0807. The number of halogens is 2. The highest BCUT2D eigenvalue weighted by atomic mass is 35.5. The maximum Gasteiger partial charge on any atom is 0.268 e. The van der Waals surface area contributed by atoms with E-state index in [1.54, 1.807) is 12.1 Å². The van der Waals surface area contributed by atoms with Crippen LogP contribution < -0.4 is 5.32 Å². The normalized spacial score (nSPS) is 13.8. The number of nitrogens with zero attached hydrogens (tertiary/aromatic N) is 2. The maximum absolute atomic E-state index is 12.6. The van der Waals surface area contributed by atoms with E-state index in [0.29, 0.717) is 27.8 Å². The van der Waals surface area contributed by atoms with Gasteiger partial charge in [-0.1, -0.05) is 29.3 Å². The van der Waals surface area contributed by atoms with Gasteiger partial charge in [0.15, 0.2) is 0 Å². The minimum atomic E-state index is -0.0807. The first-order valence-corrected chi connectivity index (χ1v) is 9.07. The van der Waals surface area contributed by atoms with Crippen LogP contribution in [0.5, 0.6) is 0 Å². The summed E-state index contributed by atoms with van der Waals surface area (Å²) in [6, 6.07) is 11.2. The predicted molar refractivity (Wildman–Crippen MR) is 104 cm³/mol. The molecule has 130 valence electrons. The summed E-state index contributed by atoms with van der Waals surface area (Å²) in [6.45, 7) is 3.30. The molecule has 0 saturated carbocycles. The number of carbonyl (C=O) groups excluding carboxylic acids is 1. The van der Waals surface area contributed by atoms with Crippen LogP contribution in [0.3, 0.4) is 0 Å².